The van der Waals surface area contributed by atoms with Gasteiger partial charge in [-0.05, 0) is 71.6 Å². The second kappa shape index (κ2) is 8.61. The van der Waals surface area contributed by atoms with Gasteiger partial charge in [-0.2, -0.15) is 0 Å². The van der Waals surface area contributed by atoms with Gasteiger partial charge < -0.3 is 9.30 Å². The first-order valence-corrected chi connectivity index (χ1v) is 11.0. The maximum Gasteiger partial charge on any atom is 0.144 e. The summed E-state index contributed by atoms with van der Waals surface area (Å²) < 4.78 is 9.11. The van der Waals surface area contributed by atoms with E-state index in [0.717, 1.165) is 28.6 Å². The number of ether oxygens (including phenoxy) is 1. The van der Waals surface area contributed by atoms with Crippen molar-refractivity contribution >= 4 is 0 Å². The molecule has 0 aromatic heterocycles. The van der Waals surface area contributed by atoms with E-state index in [1.165, 1.54) is 53.6 Å². The van der Waals surface area contributed by atoms with Gasteiger partial charge in [-0.15, -0.1) is 0 Å². The van der Waals surface area contributed by atoms with Crippen molar-refractivity contribution in [1.82, 2.24) is 9.55 Å². The van der Waals surface area contributed by atoms with Crippen molar-refractivity contribution in [3.05, 3.63) is 51.8 Å². The van der Waals surface area contributed by atoms with Gasteiger partial charge in [0.05, 0.1) is 5.56 Å². The molecule has 1 aromatic carbocycles. The lowest BCUT2D eigenvalue weighted by atomic mass is 10.0. The number of aromatic nitrogens is 2. The molecule has 2 aliphatic rings. The summed E-state index contributed by atoms with van der Waals surface area (Å²) in [6.07, 6.45) is 4.71. The van der Waals surface area contributed by atoms with Gasteiger partial charge in [0, 0.05) is 23.0 Å². The zero-order valence-corrected chi connectivity index (χ0v) is 19.4. The van der Waals surface area contributed by atoms with Gasteiger partial charge in [0.25, 0.3) is 0 Å². The molecule has 1 aromatic rings. The molecule has 0 saturated carbocycles. The number of nitrogens with zero attached hydrogens (tertiary/aromatic N) is 2. The van der Waals surface area contributed by atoms with Crippen LogP contribution in [0.15, 0.2) is 18.2 Å². The van der Waals surface area contributed by atoms with Gasteiger partial charge in [-0.25, -0.2) is 4.98 Å². The summed E-state index contributed by atoms with van der Waals surface area (Å²) in [4.78, 5) is 4.94. The zero-order valence-electron chi connectivity index (χ0n) is 19.4. The monoisotopic (exact) mass is 392 g/mol. The maximum absolute atomic E-state index is 6.63. The van der Waals surface area contributed by atoms with Gasteiger partial charge in [0.1, 0.15) is 17.3 Å². The molecule has 3 heteroatoms. The van der Waals surface area contributed by atoms with Crippen LogP contribution in [0.5, 0.6) is 11.5 Å². The highest BCUT2D eigenvalue weighted by Crippen LogP contribution is 2.43. The molecule has 0 bridgehead atoms. The third-order valence-electron chi connectivity index (χ3n) is 6.01. The van der Waals surface area contributed by atoms with E-state index in [1.54, 1.807) is 0 Å². The average Bonchev–Trinajstić information content (AvgIpc) is 3.02. The number of pyridine rings is 1. The van der Waals surface area contributed by atoms with E-state index in [2.05, 4.69) is 78.2 Å². The van der Waals surface area contributed by atoms with Gasteiger partial charge in [0.2, 0.25) is 0 Å². The third-order valence-corrected chi connectivity index (χ3v) is 6.01. The SMILES string of the molecule is CCCC(CCC)n1c2nc(C)cc-2c(Oc2c(C)cc(C)cc2C)c(C)c1C. The van der Waals surface area contributed by atoms with Crippen LogP contribution in [-0.4, -0.2) is 9.55 Å². The molecule has 2 aliphatic heterocycles. The van der Waals surface area contributed by atoms with Crippen LogP contribution in [0.25, 0.3) is 11.4 Å². The molecule has 0 amide bonds. The molecule has 3 rings (SSSR count). The summed E-state index contributed by atoms with van der Waals surface area (Å²) in [7, 11) is 0. The quantitative estimate of drug-likeness (QED) is 0.410. The number of hydrogen-bond acceptors (Lipinski definition) is 2. The van der Waals surface area contributed by atoms with Crippen molar-refractivity contribution in [2.75, 3.05) is 0 Å². The average molecular weight is 393 g/mol. The summed E-state index contributed by atoms with van der Waals surface area (Å²) in [5.74, 6) is 2.99. The number of hydrogen-bond donors (Lipinski definition) is 0. The lowest BCUT2D eigenvalue weighted by Crippen LogP contribution is -2.17. The maximum atomic E-state index is 6.63. The minimum atomic E-state index is 0.484. The fourth-order valence-corrected chi connectivity index (χ4v) is 4.67. The van der Waals surface area contributed by atoms with Crippen LogP contribution >= 0.6 is 0 Å². The molecule has 0 unspecified atom stereocenters. The Morgan fingerprint density at radius 2 is 1.45 bits per heavy atom. The molecule has 0 N–H and O–H groups in total. The van der Waals surface area contributed by atoms with Crippen LogP contribution in [0.3, 0.4) is 0 Å². The van der Waals surface area contributed by atoms with Crippen LogP contribution in [0, 0.1) is 41.5 Å². The van der Waals surface area contributed by atoms with Crippen LogP contribution in [0.2, 0.25) is 0 Å². The van der Waals surface area contributed by atoms with Crippen LogP contribution in [0.1, 0.15) is 79.2 Å². The van der Waals surface area contributed by atoms with Gasteiger partial charge >= 0.3 is 0 Å². The molecule has 29 heavy (non-hydrogen) atoms. The predicted octanol–water partition coefficient (Wildman–Crippen LogP) is 7.77. The lowest BCUT2D eigenvalue weighted by Gasteiger charge is -2.28. The Labute approximate surface area is 176 Å². The smallest absolute Gasteiger partial charge is 0.144 e. The van der Waals surface area contributed by atoms with E-state index >= 15 is 0 Å². The largest absolute Gasteiger partial charge is 0.456 e. The minimum Gasteiger partial charge on any atom is -0.456 e. The van der Waals surface area contributed by atoms with Crippen molar-refractivity contribution in [2.24, 2.45) is 0 Å². The van der Waals surface area contributed by atoms with E-state index in [4.69, 9.17) is 9.72 Å². The molecule has 3 nitrogen and oxygen atoms in total. The van der Waals surface area contributed by atoms with E-state index in [-0.39, 0.29) is 0 Å². The summed E-state index contributed by atoms with van der Waals surface area (Å²) in [6.45, 7) is 17.4. The number of benzene rings is 1. The van der Waals surface area contributed by atoms with E-state index in [9.17, 15) is 0 Å². The molecule has 0 radical (unpaired) electrons. The lowest BCUT2D eigenvalue weighted by molar-refractivity contribution is 0.411. The van der Waals surface area contributed by atoms with Gasteiger partial charge in [0.15, 0.2) is 0 Å². The highest BCUT2D eigenvalue weighted by molar-refractivity contribution is 5.72. The Morgan fingerprint density at radius 3 is 2.00 bits per heavy atom. The molecule has 0 saturated heterocycles. The van der Waals surface area contributed by atoms with Crippen LogP contribution < -0.4 is 4.74 Å². The second-order valence-corrected chi connectivity index (χ2v) is 8.61. The highest BCUT2D eigenvalue weighted by atomic mass is 16.5. The number of aryl methyl sites for hydroxylation is 4. The molecule has 0 atom stereocenters. The molecular formula is C26H36N2O. The molecular weight excluding hydrogens is 356 g/mol. The first kappa shape index (κ1) is 21.4. The molecule has 0 fully saturated rings. The first-order valence-electron chi connectivity index (χ1n) is 11.0. The van der Waals surface area contributed by atoms with E-state index in [1.807, 2.05) is 0 Å². The topological polar surface area (TPSA) is 27.1 Å². The normalized spacial score (nSPS) is 11.6. The molecule has 0 aliphatic carbocycles. The summed E-state index contributed by atoms with van der Waals surface area (Å²) in [6, 6.07) is 7.05. The Kier molecular flexibility index (Phi) is 6.36. The van der Waals surface area contributed by atoms with Crippen molar-refractivity contribution < 1.29 is 4.74 Å². The minimum absolute atomic E-state index is 0.484. The van der Waals surface area contributed by atoms with Crippen molar-refractivity contribution in [1.29, 1.82) is 0 Å². The predicted molar refractivity (Wildman–Crippen MR) is 123 cm³/mol. The Morgan fingerprint density at radius 1 is 0.862 bits per heavy atom. The Bertz CT molecular complexity index is 954. The molecule has 0 spiro atoms. The van der Waals surface area contributed by atoms with Gasteiger partial charge in [-0.3, -0.25) is 0 Å². The van der Waals surface area contributed by atoms with Crippen LogP contribution in [-0.2, 0) is 0 Å². The number of rotatable bonds is 7. The fourth-order valence-electron chi connectivity index (χ4n) is 4.67. The standard InChI is InChI=1S/C26H36N2O/c1-9-11-22(12-10-2)28-21(8)20(7)25(23-15-19(6)27-26(23)28)29-24-17(4)13-16(3)14-18(24)5/h13-15,22H,9-12H2,1-8H3. The third kappa shape index (κ3) is 4.05. The van der Waals surface area contributed by atoms with E-state index < -0.39 is 0 Å². The fraction of sp³-hybridized carbons (Fsp3) is 0.500. The second-order valence-electron chi connectivity index (χ2n) is 8.61. The summed E-state index contributed by atoms with van der Waals surface area (Å²) >= 11 is 0. The first-order chi connectivity index (χ1) is 13.8. The summed E-state index contributed by atoms with van der Waals surface area (Å²) in [5.41, 5.74) is 8.27. The van der Waals surface area contributed by atoms with Crippen molar-refractivity contribution in [3.63, 3.8) is 0 Å². The van der Waals surface area contributed by atoms with Crippen molar-refractivity contribution in [3.8, 4) is 22.9 Å². The molecule has 2 heterocycles. The highest BCUT2D eigenvalue weighted by Gasteiger charge is 2.26. The Balaban J connectivity index is 2.21. The molecule has 156 valence electrons. The van der Waals surface area contributed by atoms with Crippen molar-refractivity contribution in [2.45, 2.75) is 87.1 Å². The van der Waals surface area contributed by atoms with E-state index in [0.29, 0.717) is 6.04 Å². The Hall–Kier alpha value is -2.29. The number of fused-ring (bicyclic) bond motifs is 1. The zero-order chi connectivity index (χ0) is 21.3. The summed E-state index contributed by atoms with van der Waals surface area (Å²) in [5, 5.41) is 0. The van der Waals surface area contributed by atoms with Crippen LogP contribution in [0.4, 0.5) is 0 Å². The van der Waals surface area contributed by atoms with Gasteiger partial charge in [-0.1, -0.05) is 44.4 Å².